The van der Waals surface area contributed by atoms with Gasteiger partial charge >= 0.3 is 5.97 Å². The monoisotopic (exact) mass is 337 g/mol. The quantitative estimate of drug-likeness (QED) is 0.837. The molecule has 1 aromatic rings. The minimum atomic E-state index is -0.293. The first kappa shape index (κ1) is 16.9. The van der Waals surface area contributed by atoms with E-state index in [9.17, 15) is 4.79 Å². The summed E-state index contributed by atoms with van der Waals surface area (Å²) in [6.45, 7) is 8.14. The normalized spacial score (nSPS) is 21.4. The van der Waals surface area contributed by atoms with E-state index in [2.05, 4.69) is 15.2 Å². The van der Waals surface area contributed by atoms with Crippen LogP contribution < -0.4 is 5.32 Å². The number of nitrogens with one attached hydrogen (secondary N) is 1. The van der Waals surface area contributed by atoms with Crippen LogP contribution in [0.4, 0.5) is 0 Å². The van der Waals surface area contributed by atoms with E-state index in [1.165, 1.54) is 32.5 Å². The number of nitrogens with zero attached hydrogens (tertiary/aromatic N) is 2. The van der Waals surface area contributed by atoms with Crippen molar-refractivity contribution >= 4 is 17.3 Å². The van der Waals surface area contributed by atoms with Gasteiger partial charge in [-0.1, -0.05) is 0 Å². The van der Waals surface area contributed by atoms with Crippen LogP contribution in [0.25, 0.3) is 0 Å². The zero-order valence-electron chi connectivity index (χ0n) is 13.9. The van der Waals surface area contributed by atoms with Gasteiger partial charge < -0.3 is 15.0 Å². The number of hydrogen-bond acceptors (Lipinski definition) is 6. The molecular formula is C17H27N3O2S. The maximum atomic E-state index is 11.7. The zero-order chi connectivity index (χ0) is 16.1. The highest BCUT2D eigenvalue weighted by Gasteiger charge is 2.26. The number of rotatable bonds is 5. The molecule has 0 unspecified atom stereocenters. The fourth-order valence-corrected chi connectivity index (χ4v) is 4.53. The largest absolute Gasteiger partial charge is 0.461 e. The van der Waals surface area contributed by atoms with Crippen LogP contribution in [0.1, 0.15) is 54.0 Å². The molecule has 2 aliphatic heterocycles. The van der Waals surface area contributed by atoms with E-state index in [4.69, 9.17) is 4.74 Å². The molecule has 3 heterocycles. The summed E-state index contributed by atoms with van der Waals surface area (Å²) in [7, 11) is 0. The van der Waals surface area contributed by atoms with Crippen LogP contribution in [-0.2, 0) is 4.74 Å². The first-order valence-corrected chi connectivity index (χ1v) is 9.70. The molecule has 0 radical (unpaired) electrons. The number of carbonyl (C=O) groups excluding carboxylic acids is 1. The summed E-state index contributed by atoms with van der Waals surface area (Å²) in [6.07, 6.45) is 4.94. The lowest BCUT2D eigenvalue weighted by molar-refractivity contribution is 0.0520. The van der Waals surface area contributed by atoms with Gasteiger partial charge in [0.2, 0.25) is 0 Å². The molecule has 1 aromatic heterocycles. The third-order valence-electron chi connectivity index (χ3n) is 4.92. The molecule has 0 aliphatic carbocycles. The van der Waals surface area contributed by atoms with Crippen molar-refractivity contribution < 1.29 is 9.53 Å². The van der Waals surface area contributed by atoms with Crippen molar-refractivity contribution in [1.82, 2.24) is 15.2 Å². The maximum absolute atomic E-state index is 11.7. The van der Waals surface area contributed by atoms with Gasteiger partial charge in [0.25, 0.3) is 0 Å². The summed E-state index contributed by atoms with van der Waals surface area (Å²) >= 11 is 1.61. The summed E-state index contributed by atoms with van der Waals surface area (Å²) < 4.78 is 5.02. The average Bonchev–Trinajstić information content (AvgIpc) is 3.07. The van der Waals surface area contributed by atoms with E-state index < -0.39 is 0 Å². The Balaban J connectivity index is 1.47. The predicted octanol–water partition coefficient (Wildman–Crippen LogP) is 2.50. The summed E-state index contributed by atoms with van der Waals surface area (Å²) in [5.74, 6) is 1.08. The van der Waals surface area contributed by atoms with Gasteiger partial charge in [0, 0.05) is 17.8 Å². The van der Waals surface area contributed by atoms with Crippen LogP contribution in [0.3, 0.4) is 0 Å². The van der Waals surface area contributed by atoms with Crippen LogP contribution in [0.15, 0.2) is 5.38 Å². The first-order chi connectivity index (χ1) is 11.3. The molecule has 2 aliphatic rings. The summed E-state index contributed by atoms with van der Waals surface area (Å²) in [5.41, 5.74) is 0.476. The number of piperidine rings is 2. The van der Waals surface area contributed by atoms with Crippen LogP contribution >= 0.6 is 11.3 Å². The summed E-state index contributed by atoms with van der Waals surface area (Å²) in [4.78, 5) is 18.9. The SMILES string of the molecule is CCOC(=O)c1csc(C2CCN(CC3CCNCC3)CC2)n1. The van der Waals surface area contributed by atoms with Crippen LogP contribution in [0.5, 0.6) is 0 Å². The first-order valence-electron chi connectivity index (χ1n) is 8.82. The fourth-order valence-electron chi connectivity index (χ4n) is 3.57. The standard InChI is InChI=1S/C17H27N3O2S/c1-2-22-17(21)15-12-23-16(19-15)14-5-9-20(10-6-14)11-13-3-7-18-8-4-13/h12-14,18H,2-11H2,1H3. The Kier molecular flexibility index (Phi) is 6.02. The molecule has 6 heteroatoms. The third-order valence-corrected chi connectivity index (χ3v) is 5.93. The van der Waals surface area contributed by atoms with Crippen molar-refractivity contribution in [3.8, 4) is 0 Å². The topological polar surface area (TPSA) is 54.5 Å². The molecule has 0 spiro atoms. The second-order valence-electron chi connectivity index (χ2n) is 6.56. The molecule has 1 N–H and O–H groups in total. The summed E-state index contributed by atoms with van der Waals surface area (Å²) in [6, 6.07) is 0. The molecule has 0 aromatic carbocycles. The number of esters is 1. The van der Waals surface area contributed by atoms with E-state index in [-0.39, 0.29) is 5.97 Å². The number of hydrogen-bond donors (Lipinski definition) is 1. The van der Waals surface area contributed by atoms with Gasteiger partial charge in [-0.25, -0.2) is 9.78 Å². The highest BCUT2D eigenvalue weighted by Crippen LogP contribution is 2.31. The minimum absolute atomic E-state index is 0.293. The molecule has 23 heavy (non-hydrogen) atoms. The number of ether oxygens (including phenoxy) is 1. The van der Waals surface area contributed by atoms with Gasteiger partial charge in [0.05, 0.1) is 11.6 Å². The van der Waals surface area contributed by atoms with Gasteiger partial charge in [-0.2, -0.15) is 0 Å². The Morgan fingerprint density at radius 2 is 2.09 bits per heavy atom. The third kappa shape index (κ3) is 4.52. The molecule has 0 atom stereocenters. The molecule has 2 fully saturated rings. The Morgan fingerprint density at radius 3 is 2.78 bits per heavy atom. The van der Waals surface area contributed by atoms with Gasteiger partial charge in [0.15, 0.2) is 5.69 Å². The molecule has 0 amide bonds. The van der Waals surface area contributed by atoms with E-state index in [0.717, 1.165) is 36.9 Å². The second kappa shape index (κ2) is 8.22. The number of likely N-dealkylation sites (tertiary alicyclic amines) is 1. The van der Waals surface area contributed by atoms with Gasteiger partial charge in [-0.3, -0.25) is 0 Å². The van der Waals surface area contributed by atoms with Crippen molar-refractivity contribution in [3.63, 3.8) is 0 Å². The van der Waals surface area contributed by atoms with Crippen molar-refractivity contribution in [2.24, 2.45) is 5.92 Å². The predicted molar refractivity (Wildman–Crippen MR) is 92.1 cm³/mol. The molecule has 5 nitrogen and oxygen atoms in total. The van der Waals surface area contributed by atoms with Crippen molar-refractivity contribution in [3.05, 3.63) is 16.1 Å². The Hall–Kier alpha value is -0.980. The number of thiazole rings is 1. The molecule has 0 saturated carbocycles. The Labute approximate surface area is 142 Å². The molecule has 3 rings (SSSR count). The smallest absolute Gasteiger partial charge is 0.357 e. The fraction of sp³-hybridized carbons (Fsp3) is 0.765. The summed E-state index contributed by atoms with van der Waals surface area (Å²) in [5, 5.41) is 6.39. The zero-order valence-corrected chi connectivity index (χ0v) is 14.7. The number of aromatic nitrogens is 1. The highest BCUT2D eigenvalue weighted by molar-refractivity contribution is 7.09. The van der Waals surface area contributed by atoms with E-state index in [0.29, 0.717) is 18.2 Å². The minimum Gasteiger partial charge on any atom is -0.461 e. The van der Waals surface area contributed by atoms with E-state index in [1.807, 2.05) is 12.3 Å². The maximum Gasteiger partial charge on any atom is 0.357 e. The van der Waals surface area contributed by atoms with E-state index >= 15 is 0 Å². The Morgan fingerprint density at radius 1 is 1.35 bits per heavy atom. The van der Waals surface area contributed by atoms with Gasteiger partial charge in [0.1, 0.15) is 0 Å². The molecular weight excluding hydrogens is 310 g/mol. The van der Waals surface area contributed by atoms with Gasteiger partial charge in [-0.15, -0.1) is 11.3 Å². The van der Waals surface area contributed by atoms with Crippen molar-refractivity contribution in [2.45, 2.75) is 38.5 Å². The molecule has 2 saturated heterocycles. The lowest BCUT2D eigenvalue weighted by atomic mass is 9.93. The van der Waals surface area contributed by atoms with Crippen molar-refractivity contribution in [2.75, 3.05) is 39.3 Å². The molecule has 0 bridgehead atoms. The number of carbonyl (C=O) groups is 1. The van der Waals surface area contributed by atoms with Crippen LogP contribution in [-0.4, -0.2) is 55.2 Å². The Bertz CT molecular complexity index is 506. The van der Waals surface area contributed by atoms with Crippen LogP contribution in [0, 0.1) is 5.92 Å². The van der Waals surface area contributed by atoms with Crippen LogP contribution in [0.2, 0.25) is 0 Å². The lowest BCUT2D eigenvalue weighted by Crippen LogP contribution is -2.39. The molecule has 128 valence electrons. The second-order valence-corrected chi connectivity index (χ2v) is 7.45. The van der Waals surface area contributed by atoms with E-state index in [1.54, 1.807) is 11.3 Å². The lowest BCUT2D eigenvalue weighted by Gasteiger charge is -2.34. The van der Waals surface area contributed by atoms with Gasteiger partial charge in [-0.05, 0) is 64.7 Å². The highest BCUT2D eigenvalue weighted by atomic mass is 32.1. The average molecular weight is 337 g/mol. The van der Waals surface area contributed by atoms with Crippen molar-refractivity contribution in [1.29, 1.82) is 0 Å².